The van der Waals surface area contributed by atoms with Gasteiger partial charge in [-0.15, -0.1) is 12.6 Å². The summed E-state index contributed by atoms with van der Waals surface area (Å²) in [5, 5.41) is 0.532. The predicted molar refractivity (Wildman–Crippen MR) is 42.6 cm³/mol. The first-order valence-electron chi connectivity index (χ1n) is 2.49. The highest BCUT2D eigenvalue weighted by Gasteiger charge is 2.14. The monoisotopic (exact) mass is 148 g/mol. The molecular weight excluding hydrogens is 136 g/mol. The second-order valence-corrected chi connectivity index (χ2v) is 7.54. The van der Waals surface area contributed by atoms with E-state index in [0.29, 0.717) is 5.09 Å². The Balaban J connectivity index is 3.55. The lowest BCUT2D eigenvalue weighted by Crippen LogP contribution is -2.23. The summed E-state index contributed by atoms with van der Waals surface area (Å²) in [6.07, 6.45) is 0. The van der Waals surface area contributed by atoms with Gasteiger partial charge in [0.05, 0.1) is 0 Å². The Morgan fingerprint density at radius 1 is 1.50 bits per heavy atom. The van der Waals surface area contributed by atoms with Crippen molar-refractivity contribution in [2.45, 2.75) is 19.6 Å². The van der Waals surface area contributed by atoms with Gasteiger partial charge in [-0.3, -0.25) is 0 Å². The third kappa shape index (κ3) is 6.11. The standard InChI is InChI=1S/C5H12OSSi/c1-5(7)6-8(2,3)4/h7H,1H2,2-4H3. The summed E-state index contributed by atoms with van der Waals surface area (Å²) in [5.41, 5.74) is 0. The Bertz CT molecular complexity index is 95.1. The molecule has 0 radical (unpaired) electrons. The zero-order valence-electron chi connectivity index (χ0n) is 5.56. The van der Waals surface area contributed by atoms with Crippen LogP contribution >= 0.6 is 12.6 Å². The fraction of sp³-hybridized carbons (Fsp3) is 0.600. The van der Waals surface area contributed by atoms with Crippen LogP contribution in [0, 0.1) is 0 Å². The smallest absolute Gasteiger partial charge is 0.242 e. The van der Waals surface area contributed by atoms with Crippen LogP contribution in [0.3, 0.4) is 0 Å². The van der Waals surface area contributed by atoms with E-state index in [-0.39, 0.29) is 0 Å². The van der Waals surface area contributed by atoms with E-state index in [1.807, 2.05) is 0 Å². The highest BCUT2D eigenvalue weighted by atomic mass is 32.1. The Morgan fingerprint density at radius 2 is 1.88 bits per heavy atom. The average molecular weight is 148 g/mol. The van der Waals surface area contributed by atoms with Crippen LogP contribution in [0.4, 0.5) is 0 Å². The third-order valence-corrected chi connectivity index (χ3v) is 1.55. The molecule has 0 heterocycles. The number of rotatable bonds is 2. The molecule has 0 aliphatic carbocycles. The van der Waals surface area contributed by atoms with Crippen LogP contribution in [0.5, 0.6) is 0 Å². The highest BCUT2D eigenvalue weighted by Crippen LogP contribution is 2.10. The van der Waals surface area contributed by atoms with Crippen LogP contribution in [0.25, 0.3) is 0 Å². The van der Waals surface area contributed by atoms with Crippen LogP contribution in [-0.2, 0) is 4.43 Å². The Hall–Kier alpha value is 0.107. The molecule has 0 atom stereocenters. The Morgan fingerprint density at radius 3 is 1.88 bits per heavy atom. The van der Waals surface area contributed by atoms with Crippen molar-refractivity contribution in [3.05, 3.63) is 11.7 Å². The molecular formula is C5H12OSSi. The molecule has 8 heavy (non-hydrogen) atoms. The zero-order valence-corrected chi connectivity index (χ0v) is 7.46. The summed E-state index contributed by atoms with van der Waals surface area (Å²) in [4.78, 5) is 0. The lowest BCUT2D eigenvalue weighted by atomic mass is 11.2. The van der Waals surface area contributed by atoms with Crippen molar-refractivity contribution in [2.24, 2.45) is 0 Å². The van der Waals surface area contributed by atoms with Crippen LogP contribution in [0.15, 0.2) is 11.7 Å². The van der Waals surface area contributed by atoms with Gasteiger partial charge in [0.25, 0.3) is 0 Å². The maximum Gasteiger partial charge on any atom is 0.242 e. The Labute approximate surface area is 57.3 Å². The fourth-order valence-electron chi connectivity index (χ4n) is 0.353. The third-order valence-electron chi connectivity index (χ3n) is 0.424. The lowest BCUT2D eigenvalue weighted by molar-refractivity contribution is 0.467. The summed E-state index contributed by atoms with van der Waals surface area (Å²) in [6.45, 7) is 9.79. The van der Waals surface area contributed by atoms with Gasteiger partial charge in [0, 0.05) is 0 Å². The van der Waals surface area contributed by atoms with E-state index in [0.717, 1.165) is 0 Å². The van der Waals surface area contributed by atoms with Crippen molar-refractivity contribution in [3.63, 3.8) is 0 Å². The summed E-state index contributed by atoms with van der Waals surface area (Å²) in [7, 11) is -1.40. The molecule has 0 fully saturated rings. The van der Waals surface area contributed by atoms with Gasteiger partial charge >= 0.3 is 0 Å². The first-order valence-corrected chi connectivity index (χ1v) is 6.34. The second-order valence-electron chi connectivity index (χ2n) is 2.61. The van der Waals surface area contributed by atoms with Crippen molar-refractivity contribution in [3.8, 4) is 0 Å². The topological polar surface area (TPSA) is 9.23 Å². The zero-order chi connectivity index (χ0) is 6.78. The molecule has 0 rings (SSSR count). The van der Waals surface area contributed by atoms with Gasteiger partial charge in [-0.2, -0.15) is 0 Å². The minimum atomic E-state index is -1.40. The molecule has 3 heteroatoms. The maximum atomic E-state index is 5.25. The fourth-order valence-corrected chi connectivity index (χ4v) is 1.88. The predicted octanol–water partition coefficient (Wildman–Crippen LogP) is 2.24. The van der Waals surface area contributed by atoms with Crippen molar-refractivity contribution < 1.29 is 4.43 Å². The van der Waals surface area contributed by atoms with Crippen molar-refractivity contribution >= 4 is 20.9 Å². The quantitative estimate of drug-likeness (QED) is 0.359. The molecule has 0 aliphatic heterocycles. The molecule has 0 unspecified atom stereocenters. The largest absolute Gasteiger partial charge is 0.540 e. The van der Waals surface area contributed by atoms with Crippen LogP contribution in [0.2, 0.25) is 19.6 Å². The van der Waals surface area contributed by atoms with Crippen molar-refractivity contribution in [2.75, 3.05) is 0 Å². The van der Waals surface area contributed by atoms with Crippen molar-refractivity contribution in [1.29, 1.82) is 0 Å². The summed E-state index contributed by atoms with van der Waals surface area (Å²) in [6, 6.07) is 0. The van der Waals surface area contributed by atoms with E-state index in [1.54, 1.807) is 0 Å². The van der Waals surface area contributed by atoms with Gasteiger partial charge in [0.1, 0.15) is 5.09 Å². The molecule has 0 aromatic heterocycles. The van der Waals surface area contributed by atoms with Gasteiger partial charge in [-0.1, -0.05) is 6.58 Å². The maximum absolute atomic E-state index is 5.25. The molecule has 0 spiro atoms. The molecule has 1 nitrogen and oxygen atoms in total. The van der Waals surface area contributed by atoms with Gasteiger partial charge in [-0.05, 0) is 19.6 Å². The first kappa shape index (κ1) is 8.11. The van der Waals surface area contributed by atoms with Crippen LogP contribution in [-0.4, -0.2) is 8.32 Å². The molecule has 0 bridgehead atoms. The molecule has 48 valence electrons. The van der Waals surface area contributed by atoms with E-state index in [1.165, 1.54) is 0 Å². The molecule has 0 aliphatic rings. The first-order chi connectivity index (χ1) is 3.42. The van der Waals surface area contributed by atoms with E-state index in [2.05, 4.69) is 38.8 Å². The highest BCUT2D eigenvalue weighted by molar-refractivity contribution is 7.84. The summed E-state index contributed by atoms with van der Waals surface area (Å²) in [5.74, 6) is 0. The van der Waals surface area contributed by atoms with E-state index in [4.69, 9.17) is 4.43 Å². The molecule has 0 saturated carbocycles. The van der Waals surface area contributed by atoms with Crippen LogP contribution in [0.1, 0.15) is 0 Å². The SMILES string of the molecule is C=C(S)O[Si](C)(C)C. The molecule has 0 N–H and O–H groups in total. The number of hydrogen-bond acceptors (Lipinski definition) is 2. The van der Waals surface area contributed by atoms with Crippen molar-refractivity contribution in [1.82, 2.24) is 0 Å². The molecule has 0 saturated heterocycles. The minimum Gasteiger partial charge on any atom is -0.540 e. The average Bonchev–Trinajstić information content (AvgIpc) is 1.21. The van der Waals surface area contributed by atoms with Gasteiger partial charge in [-0.25, -0.2) is 0 Å². The molecule has 0 aromatic carbocycles. The lowest BCUT2D eigenvalue weighted by Gasteiger charge is -2.17. The normalized spacial score (nSPS) is 11.0. The van der Waals surface area contributed by atoms with Gasteiger partial charge in [0.2, 0.25) is 8.32 Å². The van der Waals surface area contributed by atoms with E-state index in [9.17, 15) is 0 Å². The van der Waals surface area contributed by atoms with Gasteiger partial charge < -0.3 is 4.43 Å². The number of hydrogen-bond donors (Lipinski definition) is 1. The van der Waals surface area contributed by atoms with Crippen LogP contribution < -0.4 is 0 Å². The Kier molecular flexibility index (Phi) is 2.63. The number of thiol groups is 1. The summed E-state index contributed by atoms with van der Waals surface area (Å²) >= 11 is 3.91. The summed E-state index contributed by atoms with van der Waals surface area (Å²) < 4.78 is 5.25. The van der Waals surface area contributed by atoms with Gasteiger partial charge in [0.15, 0.2) is 0 Å². The minimum absolute atomic E-state index is 0.532. The van der Waals surface area contributed by atoms with E-state index >= 15 is 0 Å². The molecule has 0 amide bonds. The second kappa shape index (κ2) is 2.59. The molecule has 0 aromatic rings. The van der Waals surface area contributed by atoms with E-state index < -0.39 is 8.32 Å².